The van der Waals surface area contributed by atoms with Crippen molar-refractivity contribution >= 4 is 23.9 Å². The highest BCUT2D eigenvalue weighted by Gasteiger charge is 2.29. The van der Waals surface area contributed by atoms with Crippen LogP contribution in [0.25, 0.3) is 5.53 Å². The maximum Gasteiger partial charge on any atom is 0.326 e. The number of hydrogen-bond donors (Lipinski definition) is 2. The van der Waals surface area contributed by atoms with Crippen LogP contribution in [-0.2, 0) is 19.1 Å². The summed E-state index contributed by atoms with van der Waals surface area (Å²) in [5.41, 5.74) is 8.20. The summed E-state index contributed by atoms with van der Waals surface area (Å²) in [7, 11) is 1.24. The van der Waals surface area contributed by atoms with Crippen LogP contribution in [0.5, 0.6) is 0 Å². The lowest BCUT2D eigenvalue weighted by atomic mass is 10.1. The summed E-state index contributed by atoms with van der Waals surface area (Å²) < 4.78 is 9.86. The zero-order valence-corrected chi connectivity index (χ0v) is 11.6. The van der Waals surface area contributed by atoms with E-state index in [9.17, 15) is 14.4 Å². The van der Waals surface area contributed by atoms with Gasteiger partial charge in [-0.25, -0.2) is 9.78 Å². The van der Waals surface area contributed by atoms with E-state index in [1.165, 1.54) is 19.6 Å². The molecule has 2 N–H and O–H groups in total. The predicted molar refractivity (Wildman–Crippen MR) is 69.7 cm³/mol. The zero-order chi connectivity index (χ0) is 16.5. The Morgan fingerprint density at radius 2 is 2.32 bits per heavy atom. The van der Waals surface area contributed by atoms with E-state index >= 15 is 0 Å². The molecule has 0 unspecified atom stereocenters. The first-order chi connectivity index (χ1) is 10.5. The van der Waals surface area contributed by atoms with Crippen molar-refractivity contribution in [2.24, 2.45) is 0 Å². The SMILES string of the molecule is CO[C@@H](C(=O)N[C@@H](CCC(=O)C=[N+]=[N-])C(=O)O)c1ncco1. The number of amides is 1. The van der Waals surface area contributed by atoms with Gasteiger partial charge in [0, 0.05) is 13.5 Å². The number of carboxylic acid groups (broad SMARTS) is 1. The van der Waals surface area contributed by atoms with Gasteiger partial charge in [0.25, 0.3) is 5.91 Å². The van der Waals surface area contributed by atoms with Gasteiger partial charge in [-0.05, 0) is 6.42 Å². The molecule has 0 aliphatic heterocycles. The smallest absolute Gasteiger partial charge is 0.326 e. The first-order valence-electron chi connectivity index (χ1n) is 6.15. The lowest BCUT2D eigenvalue weighted by Crippen LogP contribution is -2.43. The molecule has 0 aromatic carbocycles. The van der Waals surface area contributed by atoms with E-state index in [1.807, 2.05) is 0 Å². The van der Waals surface area contributed by atoms with Gasteiger partial charge in [-0.15, -0.1) is 0 Å². The maximum atomic E-state index is 12.0. The van der Waals surface area contributed by atoms with Crippen molar-refractivity contribution in [2.75, 3.05) is 7.11 Å². The van der Waals surface area contributed by atoms with Crippen LogP contribution in [-0.4, -0.2) is 51.9 Å². The van der Waals surface area contributed by atoms with Gasteiger partial charge in [0.2, 0.25) is 17.8 Å². The van der Waals surface area contributed by atoms with E-state index in [1.54, 1.807) is 0 Å². The van der Waals surface area contributed by atoms with Crippen LogP contribution < -0.4 is 5.32 Å². The second-order valence-electron chi connectivity index (χ2n) is 4.14. The molecule has 118 valence electrons. The molecular weight excluding hydrogens is 296 g/mol. The van der Waals surface area contributed by atoms with Crippen molar-refractivity contribution in [3.05, 3.63) is 23.9 Å². The number of carbonyl (C=O) groups is 3. The van der Waals surface area contributed by atoms with Crippen molar-refractivity contribution in [3.8, 4) is 0 Å². The Balaban J connectivity index is 2.69. The first-order valence-corrected chi connectivity index (χ1v) is 6.15. The summed E-state index contributed by atoms with van der Waals surface area (Å²) in [5, 5.41) is 11.3. The van der Waals surface area contributed by atoms with E-state index in [0.717, 1.165) is 0 Å². The Kier molecular flexibility index (Phi) is 6.61. The Bertz CT molecular complexity index is 578. The van der Waals surface area contributed by atoms with E-state index in [2.05, 4.69) is 15.1 Å². The number of carbonyl (C=O) groups excluding carboxylic acids is 2. The quantitative estimate of drug-likeness (QED) is 0.356. The standard InChI is InChI=1S/C12H14N4O6/c1-21-9(11-14-4-5-22-11)10(18)16-8(12(19)20)3-2-7(17)6-15-13/h4-6,8-9H,2-3H2,1H3,(H,16,18)(H,19,20)/t8-,9-/m0/s1. The van der Waals surface area contributed by atoms with Gasteiger partial charge >= 0.3 is 12.2 Å². The number of Topliss-reactive ketones (excluding diaryl/α,β-unsaturated/α-hetero) is 1. The average molecular weight is 310 g/mol. The second kappa shape index (κ2) is 8.45. The molecule has 1 rings (SSSR count). The Morgan fingerprint density at radius 1 is 1.59 bits per heavy atom. The number of carboxylic acids is 1. The molecule has 1 amide bonds. The molecular formula is C12H14N4O6. The minimum Gasteiger partial charge on any atom is -0.480 e. The van der Waals surface area contributed by atoms with Crippen molar-refractivity contribution < 1.29 is 33.4 Å². The third-order valence-corrected chi connectivity index (χ3v) is 2.65. The van der Waals surface area contributed by atoms with Crippen LogP contribution in [0.2, 0.25) is 0 Å². The maximum absolute atomic E-state index is 12.0. The number of hydrogen-bond acceptors (Lipinski definition) is 6. The predicted octanol–water partition coefficient (Wildman–Crippen LogP) is -0.419. The number of methoxy groups -OCH3 is 1. The van der Waals surface area contributed by atoms with Crippen LogP contribution in [0.3, 0.4) is 0 Å². The van der Waals surface area contributed by atoms with E-state index in [4.69, 9.17) is 19.8 Å². The zero-order valence-electron chi connectivity index (χ0n) is 11.6. The van der Waals surface area contributed by atoms with Crippen LogP contribution in [0, 0.1) is 0 Å². The normalized spacial score (nSPS) is 12.8. The van der Waals surface area contributed by atoms with Crippen LogP contribution in [0.15, 0.2) is 16.9 Å². The molecule has 0 saturated heterocycles. The molecule has 0 aliphatic rings. The Labute approximate surface area is 124 Å². The summed E-state index contributed by atoms with van der Waals surface area (Å²) in [6, 6.07) is -1.31. The van der Waals surface area contributed by atoms with Gasteiger partial charge in [0.15, 0.2) is 0 Å². The number of oxazole rings is 1. The largest absolute Gasteiger partial charge is 0.480 e. The van der Waals surface area contributed by atoms with Gasteiger partial charge in [0.1, 0.15) is 12.3 Å². The lowest BCUT2D eigenvalue weighted by Gasteiger charge is -2.17. The van der Waals surface area contributed by atoms with E-state index in [-0.39, 0.29) is 18.7 Å². The number of ether oxygens (including phenoxy) is 1. The molecule has 1 heterocycles. The molecule has 2 atom stereocenters. The summed E-state index contributed by atoms with van der Waals surface area (Å²) in [4.78, 5) is 40.6. The van der Waals surface area contributed by atoms with Gasteiger partial charge in [0.05, 0.1) is 6.20 Å². The number of nitrogens with zero attached hydrogens (tertiary/aromatic N) is 3. The minimum atomic E-state index is -1.32. The highest BCUT2D eigenvalue weighted by atomic mass is 16.5. The van der Waals surface area contributed by atoms with Crippen LogP contribution in [0.1, 0.15) is 24.8 Å². The third-order valence-electron chi connectivity index (χ3n) is 2.65. The number of nitrogens with one attached hydrogen (secondary N) is 1. The highest BCUT2D eigenvalue weighted by Crippen LogP contribution is 2.15. The number of ketones is 1. The molecule has 0 aliphatic carbocycles. The van der Waals surface area contributed by atoms with Crippen molar-refractivity contribution in [3.63, 3.8) is 0 Å². The summed E-state index contributed by atoms with van der Waals surface area (Å²) in [6.07, 6.45) is 1.63. The van der Waals surface area contributed by atoms with Crippen LogP contribution >= 0.6 is 0 Å². The molecule has 0 saturated carbocycles. The van der Waals surface area contributed by atoms with Crippen molar-refractivity contribution in [1.29, 1.82) is 0 Å². The second-order valence-corrected chi connectivity index (χ2v) is 4.14. The monoisotopic (exact) mass is 310 g/mol. The molecule has 0 fully saturated rings. The molecule has 10 heteroatoms. The summed E-state index contributed by atoms with van der Waals surface area (Å²) >= 11 is 0. The topological polar surface area (TPSA) is 155 Å². The molecule has 0 radical (unpaired) electrons. The van der Waals surface area contributed by atoms with Crippen LogP contribution in [0.4, 0.5) is 0 Å². The summed E-state index contributed by atoms with van der Waals surface area (Å²) in [6.45, 7) is 0. The fourth-order valence-electron chi connectivity index (χ4n) is 1.60. The van der Waals surface area contributed by atoms with Gasteiger partial charge in [-0.2, -0.15) is 4.79 Å². The molecule has 1 aromatic rings. The van der Waals surface area contributed by atoms with E-state index in [0.29, 0.717) is 6.21 Å². The molecule has 0 spiro atoms. The Hall–Kier alpha value is -2.84. The fraction of sp³-hybridized carbons (Fsp3) is 0.417. The minimum absolute atomic E-state index is 0.0207. The van der Waals surface area contributed by atoms with E-state index < -0.39 is 29.8 Å². The molecule has 0 bridgehead atoms. The lowest BCUT2D eigenvalue weighted by molar-refractivity contribution is -0.144. The van der Waals surface area contributed by atoms with Gasteiger partial charge < -0.3 is 25.1 Å². The number of aromatic nitrogens is 1. The van der Waals surface area contributed by atoms with Crippen molar-refractivity contribution in [1.82, 2.24) is 10.3 Å². The third kappa shape index (κ3) is 4.93. The molecule has 22 heavy (non-hydrogen) atoms. The van der Waals surface area contributed by atoms with Gasteiger partial charge in [-0.1, -0.05) is 0 Å². The number of rotatable bonds is 9. The highest BCUT2D eigenvalue weighted by molar-refractivity contribution is 6.25. The molecule has 10 nitrogen and oxygen atoms in total. The number of aliphatic carboxylic acids is 1. The Morgan fingerprint density at radius 3 is 2.82 bits per heavy atom. The van der Waals surface area contributed by atoms with Crippen molar-refractivity contribution in [2.45, 2.75) is 25.0 Å². The fourth-order valence-corrected chi connectivity index (χ4v) is 1.60. The summed E-state index contributed by atoms with van der Waals surface area (Å²) in [5.74, 6) is -2.67. The van der Waals surface area contributed by atoms with Gasteiger partial charge in [-0.3, -0.25) is 9.59 Å². The first kappa shape index (κ1) is 17.2. The average Bonchev–Trinajstić information content (AvgIpc) is 2.98. The molecule has 1 aromatic heterocycles.